The third-order valence-electron chi connectivity index (χ3n) is 1.71. The Balaban J connectivity index is 2.60. The highest BCUT2D eigenvalue weighted by atomic mass is 19.1. The van der Waals surface area contributed by atoms with Crippen LogP contribution in [0.15, 0.2) is 11.4 Å². The molecule has 1 rings (SSSR count). The van der Waals surface area contributed by atoms with Crippen LogP contribution in [0.4, 0.5) is 4.39 Å². The maximum atomic E-state index is 13.1. The molecule has 0 aromatic rings. The first-order valence-corrected chi connectivity index (χ1v) is 4.01. The minimum atomic E-state index is -0.837. The number of hydrogen-bond donors (Lipinski definition) is 1. The minimum Gasteiger partial charge on any atom is -0.461 e. The molecule has 1 fully saturated rings. The van der Waals surface area contributed by atoms with Gasteiger partial charge in [-0.2, -0.15) is 4.39 Å². The van der Waals surface area contributed by atoms with Gasteiger partial charge in [0.15, 0.2) is 0 Å². The molecule has 0 aliphatic carbocycles. The largest absolute Gasteiger partial charge is 0.461 e. The standard InChI is InChI=1S/C8H12FNO2/c1-2-12-8(11)7(9)6-3-4-10-5-6/h10H,2-5H2,1H3/b7-6+. The van der Waals surface area contributed by atoms with Gasteiger partial charge in [-0.1, -0.05) is 0 Å². The fourth-order valence-electron chi connectivity index (χ4n) is 1.09. The van der Waals surface area contributed by atoms with Crippen LogP contribution in [0.2, 0.25) is 0 Å². The molecule has 12 heavy (non-hydrogen) atoms. The third kappa shape index (κ3) is 2.04. The van der Waals surface area contributed by atoms with E-state index in [1.165, 1.54) is 0 Å². The summed E-state index contributed by atoms with van der Waals surface area (Å²) in [6.45, 7) is 3.07. The summed E-state index contributed by atoms with van der Waals surface area (Å²) < 4.78 is 17.6. The van der Waals surface area contributed by atoms with E-state index in [1.807, 2.05) is 0 Å². The van der Waals surface area contributed by atoms with E-state index in [1.54, 1.807) is 6.92 Å². The number of hydrogen-bond acceptors (Lipinski definition) is 3. The molecule has 3 nitrogen and oxygen atoms in total. The van der Waals surface area contributed by atoms with Gasteiger partial charge in [0, 0.05) is 6.54 Å². The van der Waals surface area contributed by atoms with Gasteiger partial charge in [0.05, 0.1) is 6.61 Å². The summed E-state index contributed by atoms with van der Waals surface area (Å²) >= 11 is 0. The molecule has 0 bridgehead atoms. The van der Waals surface area contributed by atoms with Crippen molar-refractivity contribution in [2.24, 2.45) is 0 Å². The molecular formula is C8H12FNO2. The quantitative estimate of drug-likeness (QED) is 0.495. The van der Waals surface area contributed by atoms with Crippen LogP contribution < -0.4 is 5.32 Å². The molecule has 1 heterocycles. The Morgan fingerprint density at radius 1 is 1.75 bits per heavy atom. The van der Waals surface area contributed by atoms with E-state index in [0.29, 0.717) is 18.5 Å². The second-order valence-electron chi connectivity index (χ2n) is 2.56. The smallest absolute Gasteiger partial charge is 0.367 e. The lowest BCUT2D eigenvalue weighted by molar-refractivity contribution is -0.140. The zero-order valence-electron chi connectivity index (χ0n) is 7.02. The van der Waals surface area contributed by atoms with E-state index in [-0.39, 0.29) is 6.61 Å². The van der Waals surface area contributed by atoms with Crippen molar-refractivity contribution in [1.29, 1.82) is 0 Å². The zero-order chi connectivity index (χ0) is 8.97. The molecule has 0 atom stereocenters. The van der Waals surface area contributed by atoms with Crippen LogP contribution in [-0.2, 0) is 9.53 Å². The van der Waals surface area contributed by atoms with Gasteiger partial charge < -0.3 is 10.1 Å². The Morgan fingerprint density at radius 2 is 2.50 bits per heavy atom. The monoisotopic (exact) mass is 173 g/mol. The van der Waals surface area contributed by atoms with Crippen LogP contribution in [0, 0.1) is 0 Å². The van der Waals surface area contributed by atoms with Crippen LogP contribution in [-0.4, -0.2) is 25.7 Å². The minimum absolute atomic E-state index is 0.215. The normalized spacial score (nSPS) is 20.8. The molecule has 0 saturated carbocycles. The summed E-state index contributed by atoms with van der Waals surface area (Å²) in [6.07, 6.45) is 0.602. The van der Waals surface area contributed by atoms with Crippen molar-refractivity contribution in [2.45, 2.75) is 13.3 Å². The van der Waals surface area contributed by atoms with Crippen LogP contribution in [0.5, 0.6) is 0 Å². The van der Waals surface area contributed by atoms with E-state index < -0.39 is 11.8 Å². The van der Waals surface area contributed by atoms with Gasteiger partial charge in [0.1, 0.15) is 0 Å². The lowest BCUT2D eigenvalue weighted by Crippen LogP contribution is -2.09. The molecule has 0 aromatic heterocycles. The summed E-state index contributed by atoms with van der Waals surface area (Å²) in [6, 6.07) is 0. The number of nitrogens with one attached hydrogen (secondary N) is 1. The molecule has 1 N–H and O–H groups in total. The van der Waals surface area contributed by atoms with E-state index in [2.05, 4.69) is 10.1 Å². The van der Waals surface area contributed by atoms with Gasteiger partial charge in [-0.15, -0.1) is 0 Å². The summed E-state index contributed by atoms with van der Waals surface area (Å²) in [4.78, 5) is 10.8. The number of esters is 1. The van der Waals surface area contributed by atoms with Gasteiger partial charge in [-0.25, -0.2) is 4.79 Å². The molecule has 1 aliphatic rings. The number of ether oxygens (including phenoxy) is 1. The molecule has 1 saturated heterocycles. The Kier molecular flexibility index (Phi) is 3.22. The molecule has 0 spiro atoms. The lowest BCUT2D eigenvalue weighted by Gasteiger charge is -2.00. The zero-order valence-corrected chi connectivity index (χ0v) is 7.02. The maximum Gasteiger partial charge on any atom is 0.367 e. The molecule has 0 aromatic carbocycles. The molecule has 4 heteroatoms. The highest BCUT2D eigenvalue weighted by molar-refractivity contribution is 5.87. The molecule has 1 aliphatic heterocycles. The molecule has 68 valence electrons. The van der Waals surface area contributed by atoms with Gasteiger partial charge in [-0.3, -0.25) is 0 Å². The van der Waals surface area contributed by atoms with Crippen molar-refractivity contribution < 1.29 is 13.9 Å². The first-order chi connectivity index (χ1) is 5.75. The number of halogens is 1. The Hall–Kier alpha value is -0.900. The lowest BCUT2D eigenvalue weighted by atomic mass is 10.2. The van der Waals surface area contributed by atoms with Crippen molar-refractivity contribution in [1.82, 2.24) is 5.32 Å². The van der Waals surface area contributed by atoms with Gasteiger partial charge in [-0.05, 0) is 25.5 Å². The van der Waals surface area contributed by atoms with Crippen LogP contribution in [0.25, 0.3) is 0 Å². The first kappa shape index (κ1) is 9.19. The van der Waals surface area contributed by atoms with Crippen LogP contribution in [0.1, 0.15) is 13.3 Å². The Labute approximate surface area is 70.6 Å². The fourth-order valence-corrected chi connectivity index (χ4v) is 1.09. The van der Waals surface area contributed by atoms with E-state index >= 15 is 0 Å². The number of carbonyl (C=O) groups is 1. The predicted molar refractivity (Wildman–Crippen MR) is 42.3 cm³/mol. The molecular weight excluding hydrogens is 161 g/mol. The van der Waals surface area contributed by atoms with Crippen molar-refractivity contribution in [3.63, 3.8) is 0 Å². The maximum absolute atomic E-state index is 13.1. The van der Waals surface area contributed by atoms with E-state index in [4.69, 9.17) is 0 Å². The van der Waals surface area contributed by atoms with Gasteiger partial charge >= 0.3 is 5.97 Å². The third-order valence-corrected chi connectivity index (χ3v) is 1.71. The Bertz CT molecular complexity index is 205. The average molecular weight is 173 g/mol. The van der Waals surface area contributed by atoms with E-state index in [9.17, 15) is 9.18 Å². The van der Waals surface area contributed by atoms with Crippen molar-refractivity contribution in [3.8, 4) is 0 Å². The summed E-state index contributed by atoms with van der Waals surface area (Å²) in [5, 5.41) is 2.94. The van der Waals surface area contributed by atoms with Crippen LogP contribution in [0.3, 0.4) is 0 Å². The summed E-state index contributed by atoms with van der Waals surface area (Å²) in [5.74, 6) is -1.56. The number of rotatable bonds is 2. The first-order valence-electron chi connectivity index (χ1n) is 4.01. The topological polar surface area (TPSA) is 38.3 Å². The summed E-state index contributed by atoms with van der Waals surface area (Å²) in [7, 11) is 0. The molecule has 0 radical (unpaired) electrons. The van der Waals surface area contributed by atoms with Crippen LogP contribution >= 0.6 is 0 Å². The van der Waals surface area contributed by atoms with Crippen molar-refractivity contribution >= 4 is 5.97 Å². The SMILES string of the molecule is CCOC(=O)/C(F)=C1/CCNC1. The van der Waals surface area contributed by atoms with Crippen molar-refractivity contribution in [3.05, 3.63) is 11.4 Å². The second kappa shape index (κ2) is 4.21. The van der Waals surface area contributed by atoms with Gasteiger partial charge in [0.2, 0.25) is 5.83 Å². The Morgan fingerprint density at radius 3 is 3.00 bits per heavy atom. The van der Waals surface area contributed by atoms with Crippen molar-refractivity contribution in [2.75, 3.05) is 19.7 Å². The van der Waals surface area contributed by atoms with Gasteiger partial charge in [0.25, 0.3) is 0 Å². The summed E-state index contributed by atoms with van der Waals surface area (Å²) in [5.41, 5.74) is 0.522. The second-order valence-corrected chi connectivity index (χ2v) is 2.56. The molecule has 0 amide bonds. The highest BCUT2D eigenvalue weighted by Crippen LogP contribution is 2.14. The van der Waals surface area contributed by atoms with E-state index in [0.717, 1.165) is 6.54 Å². The number of carbonyl (C=O) groups excluding carboxylic acids is 1. The fraction of sp³-hybridized carbons (Fsp3) is 0.625. The molecule has 0 unspecified atom stereocenters. The highest BCUT2D eigenvalue weighted by Gasteiger charge is 2.18. The predicted octanol–water partition coefficient (Wildman–Crippen LogP) is 0.766. The average Bonchev–Trinajstić information content (AvgIpc) is 2.55.